The summed E-state index contributed by atoms with van der Waals surface area (Å²) in [6.07, 6.45) is 0. The van der Waals surface area contributed by atoms with Gasteiger partial charge in [-0.2, -0.15) is 0 Å². The van der Waals surface area contributed by atoms with Gasteiger partial charge in [0.1, 0.15) is 0 Å². The molecule has 2 heterocycles. The SMILES string of the molecule is O=C(c1[c]cccc1)c1csc2ccsc12. The zero-order valence-electron chi connectivity index (χ0n) is 8.27. The Bertz CT molecular complexity index is 634. The van der Waals surface area contributed by atoms with Gasteiger partial charge in [0.05, 0.1) is 10.3 Å². The Morgan fingerprint density at radius 1 is 1.19 bits per heavy atom. The summed E-state index contributed by atoms with van der Waals surface area (Å²) in [4.78, 5) is 12.2. The molecule has 1 radical (unpaired) electrons. The third-order valence-electron chi connectivity index (χ3n) is 2.38. The standard InChI is InChI=1S/C13H7OS2/c14-12(9-4-2-1-3-5-9)10-8-16-11-6-7-15-13(10)11/h1-4,6-8H. The normalized spacial score (nSPS) is 10.8. The van der Waals surface area contributed by atoms with Gasteiger partial charge < -0.3 is 0 Å². The maximum atomic E-state index is 12.2. The number of thiophene rings is 2. The van der Waals surface area contributed by atoms with Gasteiger partial charge in [-0.25, -0.2) is 0 Å². The Balaban J connectivity index is 2.12. The quantitative estimate of drug-likeness (QED) is 0.622. The molecule has 0 bridgehead atoms. The largest absolute Gasteiger partial charge is 0.289 e. The Morgan fingerprint density at radius 2 is 2.12 bits per heavy atom. The molecule has 0 spiro atoms. The van der Waals surface area contributed by atoms with Gasteiger partial charge in [-0.05, 0) is 17.5 Å². The van der Waals surface area contributed by atoms with Crippen LogP contribution in [0.5, 0.6) is 0 Å². The van der Waals surface area contributed by atoms with Crippen molar-refractivity contribution >= 4 is 37.9 Å². The smallest absolute Gasteiger partial charge is 0.195 e. The average molecular weight is 243 g/mol. The van der Waals surface area contributed by atoms with Gasteiger partial charge in [-0.15, -0.1) is 22.7 Å². The molecule has 0 aliphatic carbocycles. The van der Waals surface area contributed by atoms with Gasteiger partial charge in [0.15, 0.2) is 5.78 Å². The third-order valence-corrected chi connectivity index (χ3v) is 4.40. The van der Waals surface area contributed by atoms with Crippen LogP contribution in [0.2, 0.25) is 0 Å². The minimum absolute atomic E-state index is 0.0642. The highest BCUT2D eigenvalue weighted by molar-refractivity contribution is 7.26. The molecule has 16 heavy (non-hydrogen) atoms. The maximum Gasteiger partial charge on any atom is 0.195 e. The predicted molar refractivity (Wildman–Crippen MR) is 68.4 cm³/mol. The first-order valence-corrected chi connectivity index (χ1v) is 6.58. The molecule has 0 amide bonds. The van der Waals surface area contributed by atoms with E-state index in [9.17, 15) is 4.79 Å². The monoisotopic (exact) mass is 243 g/mol. The predicted octanol–water partition coefficient (Wildman–Crippen LogP) is 3.99. The lowest BCUT2D eigenvalue weighted by molar-refractivity contribution is 0.104. The molecule has 3 rings (SSSR count). The molecule has 0 N–H and O–H groups in total. The lowest BCUT2D eigenvalue weighted by atomic mass is 10.1. The highest BCUT2D eigenvalue weighted by Crippen LogP contribution is 2.32. The molecule has 0 saturated carbocycles. The van der Waals surface area contributed by atoms with Gasteiger partial charge in [-0.3, -0.25) is 4.79 Å². The second kappa shape index (κ2) is 3.85. The Hall–Kier alpha value is -1.45. The van der Waals surface area contributed by atoms with E-state index in [2.05, 4.69) is 12.1 Å². The van der Waals surface area contributed by atoms with Crippen molar-refractivity contribution in [3.05, 3.63) is 58.3 Å². The first-order valence-electron chi connectivity index (χ1n) is 4.82. The molecule has 0 aliphatic heterocycles. The second-order valence-electron chi connectivity index (χ2n) is 3.37. The van der Waals surface area contributed by atoms with E-state index in [1.165, 1.54) is 4.70 Å². The molecule has 1 nitrogen and oxygen atoms in total. The van der Waals surface area contributed by atoms with Crippen LogP contribution in [0.25, 0.3) is 9.40 Å². The number of ketones is 1. The van der Waals surface area contributed by atoms with Crippen LogP contribution in [-0.2, 0) is 0 Å². The molecular formula is C13H7OS2. The van der Waals surface area contributed by atoms with Crippen molar-refractivity contribution in [3.8, 4) is 0 Å². The summed E-state index contributed by atoms with van der Waals surface area (Å²) in [5, 5.41) is 3.96. The van der Waals surface area contributed by atoms with E-state index >= 15 is 0 Å². The number of rotatable bonds is 2. The van der Waals surface area contributed by atoms with Gasteiger partial charge in [0, 0.05) is 15.6 Å². The number of hydrogen-bond donors (Lipinski definition) is 0. The molecule has 3 heteroatoms. The molecule has 1 aromatic carbocycles. The maximum absolute atomic E-state index is 12.2. The molecule has 0 unspecified atom stereocenters. The third kappa shape index (κ3) is 1.49. The van der Waals surface area contributed by atoms with E-state index < -0.39 is 0 Å². The number of fused-ring (bicyclic) bond motifs is 1. The first kappa shape index (κ1) is 9.75. The molecule has 77 valence electrons. The van der Waals surface area contributed by atoms with Gasteiger partial charge in [0.25, 0.3) is 0 Å². The van der Waals surface area contributed by atoms with Crippen molar-refractivity contribution < 1.29 is 4.79 Å². The summed E-state index contributed by atoms with van der Waals surface area (Å²) in [7, 11) is 0. The molecule has 0 atom stereocenters. The van der Waals surface area contributed by atoms with Crippen molar-refractivity contribution in [2.45, 2.75) is 0 Å². The molecule has 0 fully saturated rings. The average Bonchev–Trinajstić information content (AvgIpc) is 2.91. The van der Waals surface area contributed by atoms with Crippen molar-refractivity contribution in [1.82, 2.24) is 0 Å². The van der Waals surface area contributed by atoms with E-state index in [0.717, 1.165) is 10.3 Å². The Morgan fingerprint density at radius 3 is 2.94 bits per heavy atom. The summed E-state index contributed by atoms with van der Waals surface area (Å²) in [6.45, 7) is 0. The van der Waals surface area contributed by atoms with Crippen LogP contribution >= 0.6 is 22.7 Å². The molecule has 3 aromatic rings. The first-order chi connectivity index (χ1) is 7.86. The summed E-state index contributed by atoms with van der Waals surface area (Å²) in [5.74, 6) is 0.0642. The molecular weight excluding hydrogens is 236 g/mol. The van der Waals surface area contributed by atoms with Crippen molar-refractivity contribution in [2.75, 3.05) is 0 Å². The summed E-state index contributed by atoms with van der Waals surface area (Å²) in [5.41, 5.74) is 1.44. The summed E-state index contributed by atoms with van der Waals surface area (Å²) in [6, 6.07) is 12.3. The number of hydrogen-bond acceptors (Lipinski definition) is 3. The number of benzene rings is 1. The fourth-order valence-electron chi connectivity index (χ4n) is 1.60. The summed E-state index contributed by atoms with van der Waals surface area (Å²) >= 11 is 3.24. The van der Waals surface area contributed by atoms with E-state index in [4.69, 9.17) is 0 Å². The zero-order valence-corrected chi connectivity index (χ0v) is 9.90. The number of carbonyl (C=O) groups is 1. The van der Waals surface area contributed by atoms with Crippen LogP contribution in [-0.4, -0.2) is 5.78 Å². The van der Waals surface area contributed by atoms with Crippen molar-refractivity contribution in [3.63, 3.8) is 0 Å². The van der Waals surface area contributed by atoms with Crippen LogP contribution in [0, 0.1) is 6.07 Å². The lowest BCUT2D eigenvalue weighted by Crippen LogP contribution is -1.98. The van der Waals surface area contributed by atoms with Crippen LogP contribution < -0.4 is 0 Å². The fourth-order valence-corrected chi connectivity index (χ4v) is 3.68. The topological polar surface area (TPSA) is 17.1 Å². The summed E-state index contributed by atoms with van der Waals surface area (Å²) < 4.78 is 2.27. The number of carbonyl (C=O) groups excluding carboxylic acids is 1. The highest BCUT2D eigenvalue weighted by atomic mass is 32.1. The van der Waals surface area contributed by atoms with Crippen molar-refractivity contribution in [1.29, 1.82) is 0 Å². The van der Waals surface area contributed by atoms with E-state index in [0.29, 0.717) is 5.56 Å². The Kier molecular flexibility index (Phi) is 2.35. The molecule has 0 aliphatic rings. The van der Waals surface area contributed by atoms with Gasteiger partial charge >= 0.3 is 0 Å². The second-order valence-corrected chi connectivity index (χ2v) is 5.20. The molecule has 0 saturated heterocycles. The minimum Gasteiger partial charge on any atom is -0.289 e. The fraction of sp³-hybridized carbons (Fsp3) is 0. The van der Waals surface area contributed by atoms with Gasteiger partial charge in [0.2, 0.25) is 0 Å². The van der Waals surface area contributed by atoms with Crippen molar-refractivity contribution in [2.24, 2.45) is 0 Å². The van der Waals surface area contributed by atoms with E-state index in [-0.39, 0.29) is 5.78 Å². The van der Waals surface area contributed by atoms with Crippen LogP contribution in [0.3, 0.4) is 0 Å². The Labute approximate surface area is 101 Å². The molecule has 2 aromatic heterocycles. The highest BCUT2D eigenvalue weighted by Gasteiger charge is 2.14. The minimum atomic E-state index is 0.0642. The van der Waals surface area contributed by atoms with Gasteiger partial charge in [-0.1, -0.05) is 24.3 Å². The van der Waals surface area contributed by atoms with Crippen LogP contribution in [0.4, 0.5) is 0 Å². The van der Waals surface area contributed by atoms with E-state index in [1.807, 2.05) is 22.9 Å². The van der Waals surface area contributed by atoms with E-state index in [1.54, 1.807) is 34.8 Å². The zero-order chi connectivity index (χ0) is 11.0. The van der Waals surface area contributed by atoms with Crippen LogP contribution in [0.1, 0.15) is 15.9 Å². The lowest BCUT2D eigenvalue weighted by Gasteiger charge is -1.96. The van der Waals surface area contributed by atoms with Crippen LogP contribution in [0.15, 0.2) is 41.1 Å².